The summed E-state index contributed by atoms with van der Waals surface area (Å²) >= 11 is 0. The SMILES string of the molecule is CS(=O)(=O)N1CCN(C(=O)N2CCOCC2)CC1. The third-order valence-electron chi connectivity index (χ3n) is 3.26. The molecule has 2 fully saturated rings. The average Bonchev–Trinajstić information content (AvgIpc) is 2.38. The summed E-state index contributed by atoms with van der Waals surface area (Å²) in [4.78, 5) is 15.6. The van der Waals surface area contributed by atoms with Gasteiger partial charge in [0.2, 0.25) is 10.0 Å². The van der Waals surface area contributed by atoms with Crippen LogP contribution in [-0.4, -0.2) is 87.3 Å². The molecule has 0 N–H and O–H groups in total. The first-order valence-corrected chi connectivity index (χ1v) is 7.90. The van der Waals surface area contributed by atoms with Crippen molar-refractivity contribution in [1.29, 1.82) is 0 Å². The number of ether oxygens (including phenoxy) is 1. The second kappa shape index (κ2) is 5.41. The number of carbonyl (C=O) groups is 1. The van der Waals surface area contributed by atoms with E-state index in [1.54, 1.807) is 9.80 Å². The van der Waals surface area contributed by atoms with Crippen LogP contribution in [0.3, 0.4) is 0 Å². The average molecular weight is 277 g/mol. The molecule has 104 valence electrons. The molecule has 2 heterocycles. The lowest BCUT2D eigenvalue weighted by atomic mass is 10.3. The fourth-order valence-electron chi connectivity index (χ4n) is 2.17. The number of hydrogen-bond donors (Lipinski definition) is 0. The van der Waals surface area contributed by atoms with Crippen molar-refractivity contribution in [2.75, 3.05) is 58.7 Å². The van der Waals surface area contributed by atoms with Gasteiger partial charge in [-0.25, -0.2) is 13.2 Å². The van der Waals surface area contributed by atoms with Gasteiger partial charge < -0.3 is 14.5 Å². The van der Waals surface area contributed by atoms with Crippen molar-refractivity contribution < 1.29 is 17.9 Å². The van der Waals surface area contributed by atoms with E-state index in [-0.39, 0.29) is 6.03 Å². The van der Waals surface area contributed by atoms with Crippen LogP contribution < -0.4 is 0 Å². The van der Waals surface area contributed by atoms with Gasteiger partial charge in [-0.2, -0.15) is 4.31 Å². The Morgan fingerprint density at radius 1 is 0.944 bits per heavy atom. The zero-order valence-electron chi connectivity index (χ0n) is 10.5. The third-order valence-corrected chi connectivity index (χ3v) is 4.56. The molecule has 0 aromatic carbocycles. The minimum Gasteiger partial charge on any atom is -0.378 e. The van der Waals surface area contributed by atoms with Gasteiger partial charge in [-0.05, 0) is 0 Å². The number of carbonyl (C=O) groups excluding carboxylic acids is 1. The number of amides is 2. The molecule has 0 unspecified atom stereocenters. The van der Waals surface area contributed by atoms with Gasteiger partial charge in [-0.15, -0.1) is 0 Å². The Morgan fingerprint density at radius 2 is 1.44 bits per heavy atom. The molecule has 0 aromatic rings. The zero-order chi connectivity index (χ0) is 13.2. The van der Waals surface area contributed by atoms with E-state index in [1.165, 1.54) is 10.6 Å². The van der Waals surface area contributed by atoms with Crippen LogP contribution in [0.5, 0.6) is 0 Å². The lowest BCUT2D eigenvalue weighted by Gasteiger charge is -2.37. The van der Waals surface area contributed by atoms with E-state index < -0.39 is 10.0 Å². The molecule has 0 saturated carbocycles. The van der Waals surface area contributed by atoms with E-state index in [2.05, 4.69) is 0 Å². The lowest BCUT2D eigenvalue weighted by molar-refractivity contribution is 0.0405. The van der Waals surface area contributed by atoms with Crippen LogP contribution in [0.1, 0.15) is 0 Å². The number of nitrogens with zero attached hydrogens (tertiary/aromatic N) is 3. The van der Waals surface area contributed by atoms with E-state index >= 15 is 0 Å². The molecule has 0 radical (unpaired) electrons. The van der Waals surface area contributed by atoms with Crippen LogP contribution in [-0.2, 0) is 14.8 Å². The summed E-state index contributed by atoms with van der Waals surface area (Å²) in [6, 6.07) is -0.00792. The molecule has 2 rings (SSSR count). The number of hydrogen-bond acceptors (Lipinski definition) is 4. The van der Waals surface area contributed by atoms with E-state index in [4.69, 9.17) is 4.74 Å². The Hall–Kier alpha value is -0.860. The Kier molecular flexibility index (Phi) is 4.08. The second-order valence-electron chi connectivity index (χ2n) is 4.53. The second-order valence-corrected chi connectivity index (χ2v) is 6.51. The van der Waals surface area contributed by atoms with E-state index in [1.807, 2.05) is 0 Å². The molecule has 0 aliphatic carbocycles. The molecule has 7 nitrogen and oxygen atoms in total. The largest absolute Gasteiger partial charge is 0.378 e. The summed E-state index contributed by atoms with van der Waals surface area (Å²) in [6.45, 7) is 4.08. The molecule has 0 spiro atoms. The highest BCUT2D eigenvalue weighted by molar-refractivity contribution is 7.88. The summed E-state index contributed by atoms with van der Waals surface area (Å²) in [5.74, 6) is 0. The molecule has 0 bridgehead atoms. The minimum absolute atomic E-state index is 0.00792. The number of rotatable bonds is 1. The Morgan fingerprint density at radius 3 is 1.94 bits per heavy atom. The molecule has 2 saturated heterocycles. The highest BCUT2D eigenvalue weighted by atomic mass is 32.2. The van der Waals surface area contributed by atoms with Gasteiger partial charge in [0.1, 0.15) is 0 Å². The highest BCUT2D eigenvalue weighted by Gasteiger charge is 2.29. The highest BCUT2D eigenvalue weighted by Crippen LogP contribution is 2.09. The summed E-state index contributed by atoms with van der Waals surface area (Å²) in [7, 11) is -3.14. The van der Waals surface area contributed by atoms with Crippen LogP contribution in [0.15, 0.2) is 0 Å². The topological polar surface area (TPSA) is 70.2 Å². The number of morpholine rings is 1. The smallest absolute Gasteiger partial charge is 0.320 e. The number of urea groups is 1. The van der Waals surface area contributed by atoms with Gasteiger partial charge in [-0.1, -0.05) is 0 Å². The maximum Gasteiger partial charge on any atom is 0.320 e. The minimum atomic E-state index is -3.14. The van der Waals surface area contributed by atoms with Crippen molar-refractivity contribution >= 4 is 16.1 Å². The normalized spacial score (nSPS) is 23.2. The van der Waals surface area contributed by atoms with Gasteiger partial charge in [0.05, 0.1) is 19.5 Å². The third kappa shape index (κ3) is 3.12. The first kappa shape index (κ1) is 13.6. The molecular weight excluding hydrogens is 258 g/mol. The lowest BCUT2D eigenvalue weighted by Crippen LogP contribution is -2.55. The molecule has 18 heavy (non-hydrogen) atoms. The number of piperazine rings is 1. The van der Waals surface area contributed by atoms with Crippen molar-refractivity contribution in [2.24, 2.45) is 0 Å². The van der Waals surface area contributed by atoms with Gasteiger partial charge in [0.25, 0.3) is 0 Å². The molecule has 0 aromatic heterocycles. The van der Waals surface area contributed by atoms with E-state index in [0.29, 0.717) is 52.5 Å². The van der Waals surface area contributed by atoms with Gasteiger partial charge in [0, 0.05) is 39.3 Å². The van der Waals surface area contributed by atoms with Crippen molar-refractivity contribution in [3.05, 3.63) is 0 Å². The van der Waals surface area contributed by atoms with Crippen LogP contribution in [0.4, 0.5) is 4.79 Å². The van der Waals surface area contributed by atoms with Crippen molar-refractivity contribution in [3.8, 4) is 0 Å². The maximum absolute atomic E-state index is 12.1. The van der Waals surface area contributed by atoms with Crippen LogP contribution in [0.2, 0.25) is 0 Å². The van der Waals surface area contributed by atoms with Gasteiger partial charge >= 0.3 is 6.03 Å². The summed E-state index contributed by atoms with van der Waals surface area (Å²) in [5.41, 5.74) is 0. The zero-order valence-corrected chi connectivity index (χ0v) is 11.4. The molecule has 2 amide bonds. The van der Waals surface area contributed by atoms with Gasteiger partial charge in [-0.3, -0.25) is 0 Å². The van der Waals surface area contributed by atoms with E-state index in [0.717, 1.165) is 0 Å². The molecule has 2 aliphatic heterocycles. The molecule has 2 aliphatic rings. The quantitative estimate of drug-likeness (QED) is 0.617. The predicted molar refractivity (Wildman–Crippen MR) is 65.8 cm³/mol. The first-order chi connectivity index (χ1) is 8.48. The summed E-state index contributed by atoms with van der Waals surface area (Å²) < 4.78 is 29.3. The summed E-state index contributed by atoms with van der Waals surface area (Å²) in [6.07, 6.45) is 1.20. The maximum atomic E-state index is 12.1. The first-order valence-electron chi connectivity index (χ1n) is 6.05. The van der Waals surface area contributed by atoms with Crippen LogP contribution in [0.25, 0.3) is 0 Å². The monoisotopic (exact) mass is 277 g/mol. The Labute approximate surface area is 107 Å². The van der Waals surface area contributed by atoms with Crippen molar-refractivity contribution in [1.82, 2.24) is 14.1 Å². The van der Waals surface area contributed by atoms with Crippen molar-refractivity contribution in [2.45, 2.75) is 0 Å². The Balaban J connectivity index is 1.87. The predicted octanol–water partition coefficient (Wildman–Crippen LogP) is -0.984. The molecule has 0 atom stereocenters. The van der Waals surface area contributed by atoms with Crippen LogP contribution in [0, 0.1) is 0 Å². The molecule has 8 heteroatoms. The number of sulfonamides is 1. The van der Waals surface area contributed by atoms with Gasteiger partial charge in [0.15, 0.2) is 0 Å². The van der Waals surface area contributed by atoms with Crippen LogP contribution >= 0.6 is 0 Å². The fraction of sp³-hybridized carbons (Fsp3) is 0.900. The summed E-state index contributed by atoms with van der Waals surface area (Å²) in [5, 5.41) is 0. The fourth-order valence-corrected chi connectivity index (χ4v) is 2.99. The molecular formula is C10H19N3O4S. The standard InChI is InChI=1S/C10H19N3O4S/c1-18(15,16)13-4-2-11(3-5-13)10(14)12-6-8-17-9-7-12/h2-9H2,1H3. The van der Waals surface area contributed by atoms with Crippen molar-refractivity contribution in [3.63, 3.8) is 0 Å². The Bertz CT molecular complexity index is 397. The van der Waals surface area contributed by atoms with E-state index in [9.17, 15) is 13.2 Å².